The number of nitrogens with zero attached hydrogens (tertiary/aromatic N) is 1. The first-order chi connectivity index (χ1) is 13.0. The molecule has 1 N–H and O–H groups in total. The van der Waals surface area contributed by atoms with E-state index in [0.717, 1.165) is 18.8 Å². The van der Waals surface area contributed by atoms with Crippen molar-refractivity contribution in [2.75, 3.05) is 26.2 Å². The zero-order valence-electron chi connectivity index (χ0n) is 16.6. The highest BCUT2D eigenvalue weighted by Gasteiger charge is 2.23. The zero-order valence-corrected chi connectivity index (χ0v) is 16.6. The van der Waals surface area contributed by atoms with Gasteiger partial charge in [-0.1, -0.05) is 35.9 Å². The lowest BCUT2D eigenvalue weighted by Gasteiger charge is -2.28. The van der Waals surface area contributed by atoms with Gasteiger partial charge in [0.2, 0.25) is 0 Å². The minimum Gasteiger partial charge on any atom is -0.484 e. The van der Waals surface area contributed by atoms with Gasteiger partial charge in [0, 0.05) is 6.54 Å². The molecule has 0 bridgehead atoms. The second kappa shape index (κ2) is 9.05. The highest BCUT2D eigenvalue weighted by atomic mass is 16.5. The van der Waals surface area contributed by atoms with Gasteiger partial charge in [-0.2, -0.15) is 0 Å². The van der Waals surface area contributed by atoms with Crippen molar-refractivity contribution in [2.24, 2.45) is 0 Å². The first-order valence-electron chi connectivity index (χ1n) is 9.80. The molecular weight excluding hydrogens is 336 g/mol. The summed E-state index contributed by atoms with van der Waals surface area (Å²) in [4.78, 5) is 14.8. The van der Waals surface area contributed by atoms with Crippen molar-refractivity contribution in [3.8, 4) is 5.75 Å². The molecule has 0 saturated carbocycles. The van der Waals surface area contributed by atoms with Crippen LogP contribution < -0.4 is 10.1 Å². The summed E-state index contributed by atoms with van der Waals surface area (Å²) in [7, 11) is 0. The van der Waals surface area contributed by atoms with Gasteiger partial charge in [0.1, 0.15) is 5.75 Å². The predicted octanol–water partition coefficient (Wildman–Crippen LogP) is 3.94. The van der Waals surface area contributed by atoms with Crippen LogP contribution in [0.4, 0.5) is 0 Å². The molecule has 0 radical (unpaired) electrons. The molecule has 27 heavy (non-hydrogen) atoms. The number of benzene rings is 2. The van der Waals surface area contributed by atoms with E-state index in [2.05, 4.69) is 48.3 Å². The van der Waals surface area contributed by atoms with E-state index >= 15 is 0 Å². The lowest BCUT2D eigenvalue weighted by Crippen LogP contribution is -2.38. The maximum atomic E-state index is 12.3. The molecule has 2 aromatic rings. The van der Waals surface area contributed by atoms with Gasteiger partial charge in [0.15, 0.2) is 6.61 Å². The third-order valence-electron chi connectivity index (χ3n) is 5.38. The predicted molar refractivity (Wildman–Crippen MR) is 109 cm³/mol. The molecule has 0 aromatic heterocycles. The Balaban J connectivity index is 1.56. The monoisotopic (exact) mass is 366 g/mol. The fourth-order valence-corrected chi connectivity index (χ4v) is 3.51. The Morgan fingerprint density at radius 1 is 1.04 bits per heavy atom. The van der Waals surface area contributed by atoms with Crippen molar-refractivity contribution in [1.29, 1.82) is 0 Å². The number of hydrogen-bond donors (Lipinski definition) is 1. The second-order valence-corrected chi connectivity index (χ2v) is 7.51. The number of carbonyl (C=O) groups is 1. The number of amides is 1. The quantitative estimate of drug-likeness (QED) is 0.807. The molecule has 2 aromatic carbocycles. The number of rotatable bonds is 7. The highest BCUT2D eigenvalue weighted by molar-refractivity contribution is 5.77. The average molecular weight is 367 g/mol. The molecule has 0 aliphatic carbocycles. The summed E-state index contributed by atoms with van der Waals surface area (Å²) < 4.78 is 5.66. The van der Waals surface area contributed by atoms with E-state index < -0.39 is 0 Å². The van der Waals surface area contributed by atoms with Gasteiger partial charge < -0.3 is 10.1 Å². The van der Waals surface area contributed by atoms with Crippen LogP contribution in [0.2, 0.25) is 0 Å². The zero-order chi connectivity index (χ0) is 19.2. The van der Waals surface area contributed by atoms with Gasteiger partial charge >= 0.3 is 0 Å². The van der Waals surface area contributed by atoms with E-state index in [1.807, 2.05) is 25.1 Å². The van der Waals surface area contributed by atoms with Gasteiger partial charge in [0.25, 0.3) is 5.91 Å². The first kappa shape index (κ1) is 19.4. The Kier molecular flexibility index (Phi) is 6.51. The number of likely N-dealkylation sites (tertiary alicyclic amines) is 1. The number of aryl methyl sites for hydroxylation is 3. The number of carbonyl (C=O) groups excluding carboxylic acids is 1. The summed E-state index contributed by atoms with van der Waals surface area (Å²) in [5.41, 5.74) is 4.90. The molecule has 0 spiro atoms. The summed E-state index contributed by atoms with van der Waals surface area (Å²) in [5, 5.41) is 3.06. The van der Waals surface area contributed by atoms with Crippen molar-refractivity contribution in [1.82, 2.24) is 10.2 Å². The van der Waals surface area contributed by atoms with Crippen LogP contribution in [0.25, 0.3) is 0 Å². The molecule has 4 nitrogen and oxygen atoms in total. The van der Waals surface area contributed by atoms with Gasteiger partial charge in [0.05, 0.1) is 6.04 Å². The van der Waals surface area contributed by atoms with Crippen LogP contribution in [0, 0.1) is 20.8 Å². The van der Waals surface area contributed by atoms with Crippen LogP contribution in [0.15, 0.2) is 42.5 Å². The fourth-order valence-electron chi connectivity index (χ4n) is 3.51. The molecule has 4 heteroatoms. The lowest BCUT2D eigenvalue weighted by molar-refractivity contribution is -0.123. The minimum absolute atomic E-state index is 0.0448. The van der Waals surface area contributed by atoms with Gasteiger partial charge in [-0.25, -0.2) is 0 Å². The molecule has 3 rings (SSSR count). The summed E-state index contributed by atoms with van der Waals surface area (Å²) in [6, 6.07) is 14.8. The van der Waals surface area contributed by atoms with Crippen molar-refractivity contribution >= 4 is 5.91 Å². The maximum Gasteiger partial charge on any atom is 0.258 e. The van der Waals surface area contributed by atoms with Gasteiger partial charge in [-0.3, -0.25) is 9.69 Å². The van der Waals surface area contributed by atoms with Crippen LogP contribution in [-0.4, -0.2) is 37.0 Å². The topological polar surface area (TPSA) is 41.6 Å². The van der Waals surface area contributed by atoms with Crippen LogP contribution in [0.5, 0.6) is 5.75 Å². The standard InChI is InChI=1S/C23H30N2O2/c1-17-6-9-20(10-7-17)22(25-12-4-5-13-25)15-24-23(26)16-27-21-11-8-18(2)19(3)14-21/h6-11,14,22H,4-5,12-13,15-16H2,1-3H3,(H,24,26)/t22-/m0/s1. The third-order valence-corrected chi connectivity index (χ3v) is 5.38. The fraction of sp³-hybridized carbons (Fsp3) is 0.435. The molecule has 1 amide bonds. The minimum atomic E-state index is -0.0791. The summed E-state index contributed by atoms with van der Waals surface area (Å²) in [6.45, 7) is 9.04. The first-order valence-corrected chi connectivity index (χ1v) is 9.80. The van der Waals surface area contributed by atoms with Crippen LogP contribution >= 0.6 is 0 Å². The molecule has 144 valence electrons. The van der Waals surface area contributed by atoms with Crippen molar-refractivity contribution in [3.05, 3.63) is 64.7 Å². The van der Waals surface area contributed by atoms with Crippen LogP contribution in [-0.2, 0) is 4.79 Å². The van der Waals surface area contributed by atoms with E-state index in [4.69, 9.17) is 4.74 Å². The smallest absolute Gasteiger partial charge is 0.258 e. The molecule has 0 unspecified atom stereocenters. The molecule has 1 heterocycles. The summed E-state index contributed by atoms with van der Waals surface area (Å²) in [5.74, 6) is 0.660. The Hall–Kier alpha value is -2.33. The number of hydrogen-bond acceptors (Lipinski definition) is 3. The summed E-state index contributed by atoms with van der Waals surface area (Å²) >= 11 is 0. The number of ether oxygens (including phenoxy) is 1. The van der Waals surface area contributed by atoms with Crippen molar-refractivity contribution in [2.45, 2.75) is 39.7 Å². The lowest BCUT2D eigenvalue weighted by atomic mass is 10.0. The SMILES string of the molecule is Cc1ccc([C@H](CNC(=O)COc2ccc(C)c(C)c2)N2CCCC2)cc1. The van der Waals surface area contributed by atoms with Gasteiger partial charge in [-0.05, 0) is 75.5 Å². The Morgan fingerprint density at radius 3 is 2.41 bits per heavy atom. The molecule has 1 aliphatic rings. The third kappa shape index (κ3) is 5.33. The largest absolute Gasteiger partial charge is 0.484 e. The summed E-state index contributed by atoms with van der Waals surface area (Å²) in [6.07, 6.45) is 2.46. The van der Waals surface area contributed by atoms with E-state index in [0.29, 0.717) is 6.54 Å². The van der Waals surface area contributed by atoms with E-state index in [9.17, 15) is 4.79 Å². The maximum absolute atomic E-state index is 12.3. The molecule has 1 saturated heterocycles. The number of nitrogens with one attached hydrogen (secondary N) is 1. The van der Waals surface area contributed by atoms with E-state index in [1.54, 1.807) is 0 Å². The van der Waals surface area contributed by atoms with Crippen molar-refractivity contribution < 1.29 is 9.53 Å². The molecule has 1 aliphatic heterocycles. The van der Waals surface area contributed by atoms with Crippen LogP contribution in [0.3, 0.4) is 0 Å². The molecule has 1 fully saturated rings. The normalized spacial score (nSPS) is 15.5. The molecular formula is C23H30N2O2. The Morgan fingerprint density at radius 2 is 1.74 bits per heavy atom. The second-order valence-electron chi connectivity index (χ2n) is 7.51. The average Bonchev–Trinajstić information content (AvgIpc) is 3.19. The van der Waals surface area contributed by atoms with Crippen molar-refractivity contribution in [3.63, 3.8) is 0 Å². The van der Waals surface area contributed by atoms with E-state index in [-0.39, 0.29) is 18.6 Å². The van der Waals surface area contributed by atoms with E-state index in [1.165, 1.54) is 35.1 Å². The van der Waals surface area contributed by atoms with Crippen LogP contribution in [0.1, 0.15) is 41.1 Å². The van der Waals surface area contributed by atoms with Gasteiger partial charge in [-0.15, -0.1) is 0 Å². The highest BCUT2D eigenvalue weighted by Crippen LogP contribution is 2.25. The Bertz CT molecular complexity index is 764. The Labute approximate surface area is 162 Å². The molecule has 1 atom stereocenters.